The molecular weight excluding hydrogens is 401 g/mol. The number of rotatable bonds is 6. The van der Waals surface area contributed by atoms with E-state index in [2.05, 4.69) is 4.98 Å². The lowest BCUT2D eigenvalue weighted by molar-refractivity contribution is -0.137. The molecule has 0 bridgehead atoms. The number of ether oxygens (including phenoxy) is 3. The van der Waals surface area contributed by atoms with Crippen molar-refractivity contribution in [3.05, 3.63) is 77.4 Å². The molecule has 0 unspecified atom stereocenters. The van der Waals surface area contributed by atoms with Crippen LogP contribution in [0.2, 0.25) is 0 Å². The number of carboxylic acid groups (broad SMARTS) is 1. The molecule has 1 N–H and O–H groups in total. The van der Waals surface area contributed by atoms with Gasteiger partial charge in [-0.1, -0.05) is 6.07 Å². The first-order valence-corrected chi connectivity index (χ1v) is 10.1. The van der Waals surface area contributed by atoms with Crippen LogP contribution in [0.25, 0.3) is 0 Å². The van der Waals surface area contributed by atoms with E-state index in [9.17, 15) is 9.18 Å². The Kier molecular flexibility index (Phi) is 4.94. The fraction of sp³-hybridized carbons (Fsp3) is 0.250. The lowest BCUT2D eigenvalue weighted by atomic mass is 9.98. The number of aromatic nitrogens is 1. The van der Waals surface area contributed by atoms with Crippen LogP contribution in [0.15, 0.2) is 54.9 Å². The quantitative estimate of drug-likeness (QED) is 0.602. The molecule has 0 saturated heterocycles. The Balaban J connectivity index is 1.37. The van der Waals surface area contributed by atoms with E-state index in [0.29, 0.717) is 48.0 Å². The van der Waals surface area contributed by atoms with E-state index >= 15 is 0 Å². The average molecular weight is 421 g/mol. The van der Waals surface area contributed by atoms with Crippen LogP contribution in [0.5, 0.6) is 23.0 Å². The predicted octanol–water partition coefficient (Wildman–Crippen LogP) is 5.03. The Morgan fingerprint density at radius 2 is 2.00 bits per heavy atom. The van der Waals surface area contributed by atoms with E-state index in [1.807, 2.05) is 6.07 Å². The van der Waals surface area contributed by atoms with Crippen molar-refractivity contribution in [1.29, 1.82) is 0 Å². The Hall–Kier alpha value is -3.61. The maximum atomic E-state index is 14.7. The van der Waals surface area contributed by atoms with E-state index in [-0.39, 0.29) is 18.2 Å². The van der Waals surface area contributed by atoms with Crippen molar-refractivity contribution in [1.82, 2.24) is 4.98 Å². The molecule has 2 aliphatic rings. The van der Waals surface area contributed by atoms with Crippen LogP contribution in [-0.4, -0.2) is 22.7 Å². The summed E-state index contributed by atoms with van der Waals surface area (Å²) in [5.74, 6) is 1.09. The third-order valence-corrected chi connectivity index (χ3v) is 5.68. The smallest absolute Gasteiger partial charge is 0.304 e. The normalized spacial score (nSPS) is 18.7. The van der Waals surface area contributed by atoms with Crippen LogP contribution in [0, 0.1) is 5.82 Å². The molecule has 7 heteroatoms. The molecule has 6 nitrogen and oxygen atoms in total. The summed E-state index contributed by atoms with van der Waals surface area (Å²) in [5.41, 5.74) is 2.18. The second-order valence-corrected chi connectivity index (χ2v) is 7.67. The molecule has 31 heavy (non-hydrogen) atoms. The molecule has 0 radical (unpaired) electrons. The van der Waals surface area contributed by atoms with E-state index in [1.54, 1.807) is 42.7 Å². The number of aliphatic carboxylic acids is 1. The first-order valence-electron chi connectivity index (χ1n) is 10.1. The molecule has 5 rings (SSSR count). The maximum absolute atomic E-state index is 14.7. The van der Waals surface area contributed by atoms with Gasteiger partial charge in [-0.2, -0.15) is 0 Å². The van der Waals surface area contributed by atoms with Gasteiger partial charge in [0.2, 0.25) is 0 Å². The molecule has 3 aromatic rings. The lowest BCUT2D eigenvalue weighted by Gasteiger charge is -2.17. The summed E-state index contributed by atoms with van der Waals surface area (Å²) in [6, 6.07) is 11.9. The second-order valence-electron chi connectivity index (χ2n) is 7.67. The third-order valence-electron chi connectivity index (χ3n) is 5.68. The zero-order chi connectivity index (χ0) is 21.4. The summed E-state index contributed by atoms with van der Waals surface area (Å²) in [7, 11) is 0. The molecule has 0 saturated carbocycles. The van der Waals surface area contributed by atoms with Crippen LogP contribution in [0.1, 0.15) is 41.6 Å². The first kappa shape index (κ1) is 19.4. The van der Waals surface area contributed by atoms with Crippen molar-refractivity contribution in [3.63, 3.8) is 0 Å². The SMILES string of the molecule is O=C(O)C[C@@H]1COc2cc(O[C@@H]3CCc4c(Oc5ccncc5)ccc(F)c43)ccc21. The highest BCUT2D eigenvalue weighted by atomic mass is 19.1. The fourth-order valence-corrected chi connectivity index (χ4v) is 4.26. The number of pyridine rings is 1. The molecule has 0 amide bonds. The molecule has 1 aliphatic heterocycles. The Morgan fingerprint density at radius 1 is 1.16 bits per heavy atom. The van der Waals surface area contributed by atoms with Gasteiger partial charge in [0.25, 0.3) is 0 Å². The van der Waals surface area contributed by atoms with Gasteiger partial charge in [-0.15, -0.1) is 0 Å². The minimum Gasteiger partial charge on any atom is -0.492 e. The van der Waals surface area contributed by atoms with Gasteiger partial charge in [0, 0.05) is 41.1 Å². The fourth-order valence-electron chi connectivity index (χ4n) is 4.26. The molecule has 2 aromatic carbocycles. The summed E-state index contributed by atoms with van der Waals surface area (Å²) in [4.78, 5) is 15.0. The van der Waals surface area contributed by atoms with Crippen molar-refractivity contribution >= 4 is 5.97 Å². The second kappa shape index (κ2) is 7.91. The number of hydrogen-bond donors (Lipinski definition) is 1. The molecule has 1 aromatic heterocycles. The van der Waals surface area contributed by atoms with Crippen LogP contribution in [0.3, 0.4) is 0 Å². The molecule has 158 valence electrons. The van der Waals surface area contributed by atoms with Gasteiger partial charge in [-0.3, -0.25) is 9.78 Å². The van der Waals surface area contributed by atoms with Crippen molar-refractivity contribution in [3.8, 4) is 23.0 Å². The van der Waals surface area contributed by atoms with Crippen LogP contribution in [-0.2, 0) is 11.2 Å². The molecular formula is C24H20FNO5. The van der Waals surface area contributed by atoms with E-state index < -0.39 is 12.1 Å². The van der Waals surface area contributed by atoms with Gasteiger partial charge in [0.1, 0.15) is 34.9 Å². The zero-order valence-electron chi connectivity index (χ0n) is 16.6. The number of nitrogens with zero attached hydrogens (tertiary/aromatic N) is 1. The lowest BCUT2D eigenvalue weighted by Crippen LogP contribution is -2.07. The maximum Gasteiger partial charge on any atom is 0.304 e. The minimum atomic E-state index is -0.857. The van der Waals surface area contributed by atoms with E-state index in [4.69, 9.17) is 19.3 Å². The summed E-state index contributed by atoms with van der Waals surface area (Å²) in [6.45, 7) is 0.335. The number of carboxylic acids is 1. The predicted molar refractivity (Wildman–Crippen MR) is 109 cm³/mol. The molecule has 0 fully saturated rings. The van der Waals surface area contributed by atoms with Crippen LogP contribution >= 0.6 is 0 Å². The van der Waals surface area contributed by atoms with Gasteiger partial charge in [0.15, 0.2) is 0 Å². The summed E-state index contributed by atoms with van der Waals surface area (Å²) < 4.78 is 32.5. The molecule has 2 atom stereocenters. The zero-order valence-corrected chi connectivity index (χ0v) is 16.6. The molecule has 0 spiro atoms. The van der Waals surface area contributed by atoms with Gasteiger partial charge in [-0.25, -0.2) is 4.39 Å². The summed E-state index contributed by atoms with van der Waals surface area (Å²) in [6.07, 6.45) is 4.13. The van der Waals surface area contributed by atoms with Crippen molar-refractivity contribution in [2.75, 3.05) is 6.61 Å². The Labute approximate surface area is 178 Å². The van der Waals surface area contributed by atoms with E-state index in [0.717, 1.165) is 11.1 Å². The standard InChI is InChI=1S/C24H20FNO5/c25-19-4-6-20(30-15-7-9-26-10-8-15)18-3-5-21(24(18)19)31-16-1-2-17-14(11-23(27)28)13-29-22(17)12-16/h1-2,4,6-10,12,14,21H,3,5,11,13H2,(H,27,28)/t14-,21-/m1/s1. The van der Waals surface area contributed by atoms with E-state index in [1.165, 1.54) is 6.07 Å². The summed E-state index contributed by atoms with van der Waals surface area (Å²) >= 11 is 0. The first-order chi connectivity index (χ1) is 15.1. The van der Waals surface area contributed by atoms with Crippen molar-refractivity contribution < 1.29 is 28.5 Å². The number of fused-ring (bicyclic) bond motifs is 2. The van der Waals surface area contributed by atoms with Gasteiger partial charge < -0.3 is 19.3 Å². The highest BCUT2D eigenvalue weighted by molar-refractivity contribution is 5.68. The topological polar surface area (TPSA) is 77.9 Å². The Bertz CT molecular complexity index is 1130. The van der Waals surface area contributed by atoms with Crippen LogP contribution in [0.4, 0.5) is 4.39 Å². The van der Waals surface area contributed by atoms with Crippen LogP contribution < -0.4 is 14.2 Å². The number of benzene rings is 2. The highest BCUT2D eigenvalue weighted by Crippen LogP contribution is 2.44. The summed E-state index contributed by atoms with van der Waals surface area (Å²) in [5, 5.41) is 9.05. The monoisotopic (exact) mass is 421 g/mol. The third kappa shape index (κ3) is 3.79. The Morgan fingerprint density at radius 3 is 2.81 bits per heavy atom. The molecule has 2 heterocycles. The number of carbonyl (C=O) groups is 1. The van der Waals surface area contributed by atoms with Crippen molar-refractivity contribution in [2.45, 2.75) is 31.3 Å². The average Bonchev–Trinajstić information content (AvgIpc) is 3.36. The number of hydrogen-bond acceptors (Lipinski definition) is 5. The largest absolute Gasteiger partial charge is 0.492 e. The van der Waals surface area contributed by atoms with Crippen molar-refractivity contribution in [2.24, 2.45) is 0 Å². The molecule has 1 aliphatic carbocycles. The minimum absolute atomic E-state index is 0.0225. The van der Waals surface area contributed by atoms with Gasteiger partial charge in [0.05, 0.1) is 13.0 Å². The highest BCUT2D eigenvalue weighted by Gasteiger charge is 2.32. The number of halogens is 1. The van der Waals surface area contributed by atoms with Gasteiger partial charge >= 0.3 is 5.97 Å². The van der Waals surface area contributed by atoms with Gasteiger partial charge in [-0.05, 0) is 43.2 Å².